The molecule has 2 aromatic rings. The van der Waals surface area contributed by atoms with Gasteiger partial charge in [-0.2, -0.15) is 0 Å². The van der Waals surface area contributed by atoms with Crippen molar-refractivity contribution >= 4 is 17.6 Å². The number of furan rings is 1. The molecule has 0 bridgehead atoms. The smallest absolute Gasteiger partial charge is 0.339 e. The monoisotopic (exact) mass is 297 g/mol. The molecule has 0 spiro atoms. The Labute approximate surface area is 129 Å². The highest BCUT2D eigenvalue weighted by Crippen LogP contribution is 2.32. The Morgan fingerprint density at radius 1 is 1.45 bits per heavy atom. The molecule has 3 rings (SSSR count). The number of hydrogen-bond acceptors (Lipinski definition) is 4. The lowest BCUT2D eigenvalue weighted by Gasteiger charge is -2.20. The molecule has 0 N–H and O–H groups in total. The molecule has 0 saturated carbocycles. The molecule has 22 heavy (non-hydrogen) atoms. The molecule has 2 heterocycles. The second-order valence-corrected chi connectivity index (χ2v) is 5.39. The largest absolute Gasteiger partial charge is 0.465 e. The molecule has 0 unspecified atom stereocenters. The third-order valence-electron chi connectivity index (χ3n) is 3.84. The van der Waals surface area contributed by atoms with E-state index in [0.29, 0.717) is 17.9 Å². The Balaban J connectivity index is 2.01. The van der Waals surface area contributed by atoms with E-state index in [2.05, 4.69) is 4.98 Å². The van der Waals surface area contributed by atoms with Gasteiger partial charge < -0.3 is 9.15 Å². The number of allylic oxidation sites excluding steroid dienone is 1. The van der Waals surface area contributed by atoms with Crippen molar-refractivity contribution in [3.8, 4) is 0 Å². The third kappa shape index (κ3) is 2.82. The van der Waals surface area contributed by atoms with Gasteiger partial charge in [-0.1, -0.05) is 0 Å². The Bertz CT molecular complexity index is 714. The van der Waals surface area contributed by atoms with E-state index in [1.165, 1.54) is 0 Å². The zero-order chi connectivity index (χ0) is 15.5. The van der Waals surface area contributed by atoms with Crippen molar-refractivity contribution in [2.75, 3.05) is 6.61 Å². The number of carbonyl (C=O) groups is 1. The minimum Gasteiger partial charge on any atom is -0.465 e. The van der Waals surface area contributed by atoms with Crippen LogP contribution in [0.4, 0.5) is 0 Å². The summed E-state index contributed by atoms with van der Waals surface area (Å²) in [5, 5.41) is 0. The number of nitrogens with zero attached hydrogens (tertiary/aromatic N) is 1. The average Bonchev–Trinajstić information content (AvgIpc) is 3.00. The predicted molar refractivity (Wildman–Crippen MR) is 84.4 cm³/mol. The lowest BCUT2D eigenvalue weighted by molar-refractivity contribution is 0.0525. The van der Waals surface area contributed by atoms with Crippen LogP contribution < -0.4 is 0 Å². The van der Waals surface area contributed by atoms with Gasteiger partial charge in [0.1, 0.15) is 5.76 Å². The van der Waals surface area contributed by atoms with Gasteiger partial charge in [0.05, 0.1) is 29.8 Å². The van der Waals surface area contributed by atoms with E-state index in [1.54, 1.807) is 6.26 Å². The van der Waals surface area contributed by atoms with Crippen LogP contribution in [0.2, 0.25) is 0 Å². The second-order valence-electron chi connectivity index (χ2n) is 5.39. The van der Waals surface area contributed by atoms with Crippen LogP contribution in [0.25, 0.3) is 11.6 Å². The van der Waals surface area contributed by atoms with Gasteiger partial charge in [-0.3, -0.25) is 4.98 Å². The molecular weight excluding hydrogens is 278 g/mol. The van der Waals surface area contributed by atoms with E-state index in [9.17, 15) is 4.79 Å². The Morgan fingerprint density at radius 2 is 2.32 bits per heavy atom. The standard InChI is InChI=1S/C18H19NO3/c1-3-21-18(20)16-11-14-7-4-6-13(17(14)19-12(16)2)10-15-8-5-9-22-15/h5,8-11H,3-4,6-7H2,1-2H3. The van der Waals surface area contributed by atoms with Gasteiger partial charge in [0.2, 0.25) is 0 Å². The van der Waals surface area contributed by atoms with Crippen molar-refractivity contribution in [2.24, 2.45) is 0 Å². The summed E-state index contributed by atoms with van der Waals surface area (Å²) >= 11 is 0. The predicted octanol–water partition coefficient (Wildman–Crippen LogP) is 4.04. The summed E-state index contributed by atoms with van der Waals surface area (Å²) in [6.07, 6.45) is 6.66. The molecule has 0 saturated heterocycles. The molecule has 1 aliphatic carbocycles. The minimum absolute atomic E-state index is 0.294. The molecule has 0 aromatic carbocycles. The van der Waals surface area contributed by atoms with Crippen LogP contribution in [-0.2, 0) is 11.2 Å². The van der Waals surface area contributed by atoms with Gasteiger partial charge >= 0.3 is 5.97 Å². The summed E-state index contributed by atoms with van der Waals surface area (Å²) in [6, 6.07) is 5.74. The first-order chi connectivity index (χ1) is 10.7. The maximum absolute atomic E-state index is 12.0. The van der Waals surface area contributed by atoms with Crippen molar-refractivity contribution in [2.45, 2.75) is 33.1 Å². The number of rotatable bonds is 3. The number of pyridine rings is 1. The normalized spacial score (nSPS) is 15.6. The Kier molecular flexibility index (Phi) is 4.09. The van der Waals surface area contributed by atoms with E-state index < -0.39 is 0 Å². The first-order valence-corrected chi connectivity index (χ1v) is 7.61. The number of aromatic nitrogens is 1. The van der Waals surface area contributed by atoms with E-state index in [-0.39, 0.29) is 5.97 Å². The van der Waals surface area contributed by atoms with E-state index in [1.807, 2.05) is 38.1 Å². The molecule has 114 valence electrons. The van der Waals surface area contributed by atoms with Crippen molar-refractivity contribution < 1.29 is 13.9 Å². The molecule has 4 heteroatoms. The van der Waals surface area contributed by atoms with Crippen molar-refractivity contribution in [1.29, 1.82) is 0 Å². The van der Waals surface area contributed by atoms with Gasteiger partial charge in [-0.25, -0.2) is 4.79 Å². The molecule has 0 atom stereocenters. The van der Waals surface area contributed by atoms with Crippen LogP contribution >= 0.6 is 0 Å². The molecule has 0 radical (unpaired) electrons. The van der Waals surface area contributed by atoms with Gasteiger partial charge in [0.25, 0.3) is 0 Å². The van der Waals surface area contributed by atoms with Crippen LogP contribution in [0.5, 0.6) is 0 Å². The van der Waals surface area contributed by atoms with Crippen LogP contribution in [-0.4, -0.2) is 17.6 Å². The zero-order valence-electron chi connectivity index (χ0n) is 12.9. The van der Waals surface area contributed by atoms with Crippen LogP contribution in [0.3, 0.4) is 0 Å². The number of esters is 1. The Morgan fingerprint density at radius 3 is 3.05 bits per heavy atom. The van der Waals surface area contributed by atoms with Gasteiger partial charge in [-0.15, -0.1) is 0 Å². The number of carbonyl (C=O) groups excluding carboxylic acids is 1. The molecule has 0 fully saturated rings. The van der Waals surface area contributed by atoms with Gasteiger partial charge in [0.15, 0.2) is 0 Å². The summed E-state index contributed by atoms with van der Waals surface area (Å²) in [7, 11) is 0. The summed E-state index contributed by atoms with van der Waals surface area (Å²) in [4.78, 5) is 16.7. The zero-order valence-corrected chi connectivity index (χ0v) is 12.9. The molecule has 0 amide bonds. The van der Waals surface area contributed by atoms with Gasteiger partial charge in [-0.05, 0) is 68.5 Å². The molecule has 0 aliphatic heterocycles. The minimum atomic E-state index is -0.294. The number of ether oxygens (including phenoxy) is 1. The fourth-order valence-electron chi connectivity index (χ4n) is 2.80. The van der Waals surface area contributed by atoms with Crippen molar-refractivity contribution in [3.05, 3.63) is 52.7 Å². The quantitative estimate of drug-likeness (QED) is 0.802. The third-order valence-corrected chi connectivity index (χ3v) is 3.84. The maximum atomic E-state index is 12.0. The Hall–Kier alpha value is -2.36. The van der Waals surface area contributed by atoms with Crippen molar-refractivity contribution in [1.82, 2.24) is 4.98 Å². The van der Waals surface area contributed by atoms with E-state index in [4.69, 9.17) is 9.15 Å². The summed E-state index contributed by atoms with van der Waals surface area (Å²) in [5.41, 5.74) is 4.53. The van der Waals surface area contributed by atoms with Crippen LogP contribution in [0.1, 0.15) is 52.8 Å². The lowest BCUT2D eigenvalue weighted by atomic mass is 9.89. The van der Waals surface area contributed by atoms with E-state index in [0.717, 1.165) is 41.9 Å². The summed E-state index contributed by atoms with van der Waals surface area (Å²) in [5.74, 6) is 0.536. The highest BCUT2D eigenvalue weighted by atomic mass is 16.5. The van der Waals surface area contributed by atoms with Crippen LogP contribution in [0, 0.1) is 6.92 Å². The topological polar surface area (TPSA) is 52.3 Å². The number of fused-ring (bicyclic) bond motifs is 1. The highest BCUT2D eigenvalue weighted by Gasteiger charge is 2.21. The number of hydrogen-bond donors (Lipinski definition) is 0. The van der Waals surface area contributed by atoms with Crippen molar-refractivity contribution in [3.63, 3.8) is 0 Å². The molecule has 2 aromatic heterocycles. The van der Waals surface area contributed by atoms with Gasteiger partial charge in [0, 0.05) is 0 Å². The maximum Gasteiger partial charge on any atom is 0.339 e. The van der Waals surface area contributed by atoms with Crippen LogP contribution in [0.15, 0.2) is 28.9 Å². The summed E-state index contributed by atoms with van der Waals surface area (Å²) < 4.78 is 10.5. The average molecular weight is 297 g/mol. The SMILES string of the molecule is CCOC(=O)c1cc2c(nc1C)C(=Cc1ccco1)CCC2. The lowest BCUT2D eigenvalue weighted by Crippen LogP contribution is -2.13. The molecular formula is C18H19NO3. The fraction of sp³-hybridized carbons (Fsp3) is 0.333. The second kappa shape index (κ2) is 6.18. The molecule has 4 nitrogen and oxygen atoms in total. The number of aryl methyl sites for hydroxylation is 2. The summed E-state index contributed by atoms with van der Waals surface area (Å²) in [6.45, 7) is 4.04. The fourth-order valence-corrected chi connectivity index (χ4v) is 2.80. The molecule has 1 aliphatic rings. The first kappa shape index (κ1) is 14.6. The van der Waals surface area contributed by atoms with E-state index >= 15 is 0 Å². The highest BCUT2D eigenvalue weighted by molar-refractivity contribution is 5.92. The first-order valence-electron chi connectivity index (χ1n) is 7.61.